The third-order valence-corrected chi connectivity index (χ3v) is 4.43. The number of amides is 1. The second-order valence-corrected chi connectivity index (χ2v) is 6.32. The van der Waals surface area contributed by atoms with Gasteiger partial charge in [0.2, 0.25) is 0 Å². The molecule has 0 spiro atoms. The van der Waals surface area contributed by atoms with Crippen LogP contribution < -0.4 is 10.2 Å². The van der Waals surface area contributed by atoms with Crippen LogP contribution in [0.1, 0.15) is 12.0 Å². The number of nitrogens with zero attached hydrogens (tertiary/aromatic N) is 2. The molecule has 23 heavy (non-hydrogen) atoms. The van der Waals surface area contributed by atoms with E-state index in [0.29, 0.717) is 6.61 Å². The fraction of sp³-hybridized carbons (Fsp3) is 0.294. The zero-order chi connectivity index (χ0) is 16.1. The monoisotopic (exact) mass is 375 g/mol. The topological polar surface area (TPSA) is 54.5 Å². The molecular weight excluding hydrogens is 358 g/mol. The molecule has 1 atom stereocenters. The Bertz CT molecular complexity index is 666. The van der Waals surface area contributed by atoms with E-state index >= 15 is 0 Å². The highest BCUT2D eigenvalue weighted by atomic mass is 79.9. The quantitative estimate of drug-likeness (QED) is 0.889. The summed E-state index contributed by atoms with van der Waals surface area (Å²) in [5.41, 5.74) is 2.08. The maximum absolute atomic E-state index is 11.9. The summed E-state index contributed by atoms with van der Waals surface area (Å²) in [6, 6.07) is 11.7. The minimum absolute atomic E-state index is 0.0957. The van der Waals surface area contributed by atoms with Crippen molar-refractivity contribution in [2.75, 3.05) is 18.0 Å². The van der Waals surface area contributed by atoms with E-state index in [4.69, 9.17) is 4.74 Å². The summed E-state index contributed by atoms with van der Waals surface area (Å²) < 4.78 is 6.23. The second-order valence-electron chi connectivity index (χ2n) is 5.46. The van der Waals surface area contributed by atoms with Crippen molar-refractivity contribution in [3.63, 3.8) is 0 Å². The smallest absolute Gasteiger partial charge is 0.407 e. The van der Waals surface area contributed by atoms with E-state index in [1.165, 1.54) is 0 Å². The zero-order valence-corrected chi connectivity index (χ0v) is 14.2. The first-order chi connectivity index (χ1) is 11.2. The van der Waals surface area contributed by atoms with Crippen LogP contribution >= 0.6 is 15.9 Å². The summed E-state index contributed by atoms with van der Waals surface area (Å²) in [6.07, 6.45) is 4.09. The molecule has 5 nitrogen and oxygen atoms in total. The maximum atomic E-state index is 11.9. The maximum Gasteiger partial charge on any atom is 0.407 e. The summed E-state index contributed by atoms with van der Waals surface area (Å²) in [5.74, 6) is 0. The van der Waals surface area contributed by atoms with Crippen molar-refractivity contribution in [2.24, 2.45) is 0 Å². The summed E-state index contributed by atoms with van der Waals surface area (Å²) in [5, 5.41) is 2.93. The molecule has 1 amide bonds. The number of nitrogens with one attached hydrogen (secondary N) is 1. The van der Waals surface area contributed by atoms with Gasteiger partial charge in [-0.3, -0.25) is 4.98 Å². The number of anilines is 1. The highest BCUT2D eigenvalue weighted by molar-refractivity contribution is 9.10. The summed E-state index contributed by atoms with van der Waals surface area (Å²) in [7, 11) is 0. The second kappa shape index (κ2) is 7.46. The molecule has 3 rings (SSSR count). The number of halogens is 1. The molecular formula is C17H18BrN3O2. The van der Waals surface area contributed by atoms with E-state index in [0.717, 1.165) is 35.2 Å². The van der Waals surface area contributed by atoms with Crippen molar-refractivity contribution < 1.29 is 9.53 Å². The number of carbonyl (C=O) groups excluding carboxylic acids is 1. The lowest BCUT2D eigenvalue weighted by atomic mass is 10.2. The average molecular weight is 376 g/mol. The molecule has 1 saturated heterocycles. The minimum atomic E-state index is -0.366. The third-order valence-electron chi connectivity index (χ3n) is 3.81. The predicted molar refractivity (Wildman–Crippen MR) is 92.3 cm³/mol. The lowest BCUT2D eigenvalue weighted by molar-refractivity contribution is 0.136. The molecule has 1 aliphatic heterocycles. The van der Waals surface area contributed by atoms with Gasteiger partial charge in [0.05, 0.1) is 16.2 Å². The zero-order valence-electron chi connectivity index (χ0n) is 12.6. The van der Waals surface area contributed by atoms with Crippen LogP contribution in [-0.4, -0.2) is 30.2 Å². The van der Waals surface area contributed by atoms with Gasteiger partial charge in [0.1, 0.15) is 6.61 Å². The molecule has 1 aromatic carbocycles. The Morgan fingerprint density at radius 3 is 2.96 bits per heavy atom. The van der Waals surface area contributed by atoms with Crippen molar-refractivity contribution in [3.8, 4) is 0 Å². The van der Waals surface area contributed by atoms with E-state index in [1.54, 1.807) is 12.4 Å². The lowest BCUT2D eigenvalue weighted by Gasteiger charge is -2.20. The third kappa shape index (κ3) is 4.22. The molecule has 1 N–H and O–H groups in total. The molecule has 0 bridgehead atoms. The number of ether oxygens (including phenoxy) is 1. The number of hydrogen-bond donors (Lipinski definition) is 1. The van der Waals surface area contributed by atoms with Gasteiger partial charge < -0.3 is 15.0 Å². The molecule has 1 aliphatic rings. The predicted octanol–water partition coefficient (Wildman–Crippen LogP) is 3.35. The van der Waals surface area contributed by atoms with Crippen LogP contribution in [-0.2, 0) is 11.3 Å². The van der Waals surface area contributed by atoms with Gasteiger partial charge in [-0.15, -0.1) is 0 Å². The molecule has 0 radical (unpaired) electrons. The fourth-order valence-electron chi connectivity index (χ4n) is 2.65. The molecule has 0 aliphatic carbocycles. The first kappa shape index (κ1) is 15.8. The number of rotatable bonds is 4. The van der Waals surface area contributed by atoms with Crippen molar-refractivity contribution in [1.82, 2.24) is 10.3 Å². The van der Waals surface area contributed by atoms with E-state index in [1.807, 2.05) is 36.4 Å². The van der Waals surface area contributed by atoms with Gasteiger partial charge in [-0.2, -0.15) is 0 Å². The standard InChI is InChI=1S/C17H18BrN3O2/c18-15-10-19-8-6-16(15)21-9-7-14(11-21)20-17(22)23-12-13-4-2-1-3-5-13/h1-6,8,10,14H,7,9,11-12H2,(H,20,22). The highest BCUT2D eigenvalue weighted by Crippen LogP contribution is 2.27. The van der Waals surface area contributed by atoms with Crippen LogP contribution in [0.25, 0.3) is 0 Å². The van der Waals surface area contributed by atoms with Gasteiger partial charge in [-0.25, -0.2) is 4.79 Å². The Labute approximate surface area is 143 Å². The van der Waals surface area contributed by atoms with Crippen LogP contribution in [0.3, 0.4) is 0 Å². The molecule has 2 heterocycles. The van der Waals surface area contributed by atoms with Gasteiger partial charge in [-0.05, 0) is 34.0 Å². The Hall–Kier alpha value is -2.08. The van der Waals surface area contributed by atoms with Crippen molar-refractivity contribution in [2.45, 2.75) is 19.1 Å². The Balaban J connectivity index is 1.48. The number of aromatic nitrogens is 1. The summed E-state index contributed by atoms with van der Waals surface area (Å²) in [4.78, 5) is 18.2. The Morgan fingerprint density at radius 2 is 2.17 bits per heavy atom. The molecule has 2 aromatic rings. The van der Waals surface area contributed by atoms with Gasteiger partial charge in [-0.1, -0.05) is 30.3 Å². The largest absolute Gasteiger partial charge is 0.445 e. The number of pyridine rings is 1. The molecule has 1 fully saturated rings. The Kier molecular flexibility index (Phi) is 5.12. The van der Waals surface area contributed by atoms with Crippen molar-refractivity contribution in [3.05, 3.63) is 58.8 Å². The summed E-state index contributed by atoms with van der Waals surface area (Å²) in [6.45, 7) is 1.95. The first-order valence-corrected chi connectivity index (χ1v) is 8.33. The van der Waals surface area contributed by atoms with Crippen LogP contribution in [0.2, 0.25) is 0 Å². The highest BCUT2D eigenvalue weighted by Gasteiger charge is 2.25. The Morgan fingerprint density at radius 1 is 1.35 bits per heavy atom. The summed E-state index contributed by atoms with van der Waals surface area (Å²) >= 11 is 3.51. The van der Waals surface area contributed by atoms with Gasteiger partial charge in [0.25, 0.3) is 0 Å². The van der Waals surface area contributed by atoms with Crippen molar-refractivity contribution >= 4 is 27.7 Å². The SMILES string of the molecule is O=C(NC1CCN(c2ccncc2Br)C1)OCc1ccccc1. The average Bonchev–Trinajstić information content (AvgIpc) is 3.02. The number of hydrogen-bond acceptors (Lipinski definition) is 4. The molecule has 1 unspecified atom stereocenters. The van der Waals surface area contributed by atoms with Gasteiger partial charge >= 0.3 is 6.09 Å². The fourth-order valence-corrected chi connectivity index (χ4v) is 3.15. The van der Waals surface area contributed by atoms with Gasteiger partial charge in [0, 0.05) is 25.5 Å². The number of carbonyl (C=O) groups is 1. The first-order valence-electron chi connectivity index (χ1n) is 7.54. The van der Waals surface area contributed by atoms with Crippen LogP contribution in [0.4, 0.5) is 10.5 Å². The molecule has 6 heteroatoms. The minimum Gasteiger partial charge on any atom is -0.445 e. The molecule has 120 valence electrons. The van der Waals surface area contributed by atoms with Crippen molar-refractivity contribution in [1.29, 1.82) is 0 Å². The number of benzene rings is 1. The lowest BCUT2D eigenvalue weighted by Crippen LogP contribution is -2.37. The van der Waals surface area contributed by atoms with E-state index in [-0.39, 0.29) is 12.1 Å². The van der Waals surface area contributed by atoms with Crippen LogP contribution in [0.15, 0.2) is 53.3 Å². The number of alkyl carbamates (subject to hydrolysis) is 1. The van der Waals surface area contributed by atoms with Crippen LogP contribution in [0.5, 0.6) is 0 Å². The van der Waals surface area contributed by atoms with E-state index in [9.17, 15) is 4.79 Å². The van der Waals surface area contributed by atoms with Gasteiger partial charge in [0.15, 0.2) is 0 Å². The van der Waals surface area contributed by atoms with E-state index in [2.05, 4.69) is 31.1 Å². The van der Waals surface area contributed by atoms with Crippen LogP contribution in [0, 0.1) is 0 Å². The normalized spacial score (nSPS) is 17.1. The molecule has 1 aromatic heterocycles. The molecule has 0 saturated carbocycles. The van der Waals surface area contributed by atoms with E-state index < -0.39 is 0 Å².